The van der Waals surface area contributed by atoms with Gasteiger partial charge in [0.15, 0.2) is 0 Å². The molecule has 5 heteroatoms. The standard InChI is InChI=1S/C14H19ClN4/c1-3-7-19-8-6-17-14(19)13(18-16)11-4-5-12(15)10(2)9-11/h4-6,8-9,13,18H,3,7,16H2,1-2H3. The first kappa shape index (κ1) is 14.1. The average molecular weight is 279 g/mol. The Bertz CT molecular complexity index is 550. The van der Waals surface area contributed by atoms with Gasteiger partial charge < -0.3 is 4.57 Å². The van der Waals surface area contributed by atoms with Crippen molar-refractivity contribution in [3.63, 3.8) is 0 Å². The van der Waals surface area contributed by atoms with Gasteiger partial charge in [-0.05, 0) is 30.5 Å². The molecule has 1 heterocycles. The normalized spacial score (nSPS) is 12.6. The van der Waals surface area contributed by atoms with E-state index in [1.807, 2.05) is 31.3 Å². The molecule has 102 valence electrons. The Hall–Kier alpha value is -1.36. The second kappa shape index (κ2) is 6.19. The average Bonchev–Trinajstić information content (AvgIpc) is 2.83. The molecule has 19 heavy (non-hydrogen) atoms. The summed E-state index contributed by atoms with van der Waals surface area (Å²) in [5.41, 5.74) is 4.94. The first-order valence-corrected chi connectivity index (χ1v) is 6.78. The Kier molecular flexibility index (Phi) is 4.58. The van der Waals surface area contributed by atoms with Gasteiger partial charge >= 0.3 is 0 Å². The number of hydrogen-bond acceptors (Lipinski definition) is 3. The molecule has 1 atom stereocenters. The van der Waals surface area contributed by atoms with E-state index in [2.05, 4.69) is 21.9 Å². The van der Waals surface area contributed by atoms with Crippen LogP contribution in [0.25, 0.3) is 0 Å². The molecule has 0 spiro atoms. The van der Waals surface area contributed by atoms with Crippen LogP contribution in [-0.2, 0) is 6.54 Å². The van der Waals surface area contributed by atoms with Crippen molar-refractivity contribution < 1.29 is 0 Å². The summed E-state index contributed by atoms with van der Waals surface area (Å²) in [5, 5.41) is 0.761. The van der Waals surface area contributed by atoms with Crippen LogP contribution in [0.5, 0.6) is 0 Å². The van der Waals surface area contributed by atoms with Crippen LogP contribution in [0.2, 0.25) is 5.02 Å². The highest BCUT2D eigenvalue weighted by Crippen LogP contribution is 2.24. The Morgan fingerprint density at radius 3 is 2.89 bits per heavy atom. The monoisotopic (exact) mass is 278 g/mol. The zero-order valence-corrected chi connectivity index (χ0v) is 12.0. The number of aromatic nitrogens is 2. The minimum atomic E-state index is -0.127. The third-order valence-electron chi connectivity index (χ3n) is 3.15. The summed E-state index contributed by atoms with van der Waals surface area (Å²) in [5.74, 6) is 6.64. The van der Waals surface area contributed by atoms with Gasteiger partial charge in [-0.15, -0.1) is 0 Å². The summed E-state index contributed by atoms with van der Waals surface area (Å²) in [4.78, 5) is 4.42. The third-order valence-corrected chi connectivity index (χ3v) is 3.58. The van der Waals surface area contributed by atoms with Gasteiger partial charge in [-0.1, -0.05) is 30.7 Å². The maximum atomic E-state index is 6.06. The molecule has 4 nitrogen and oxygen atoms in total. The molecule has 0 aliphatic heterocycles. The number of nitrogens with two attached hydrogens (primary N) is 1. The van der Waals surface area contributed by atoms with E-state index in [-0.39, 0.29) is 6.04 Å². The summed E-state index contributed by atoms with van der Waals surface area (Å²) in [6.45, 7) is 5.05. The molecule has 1 aromatic carbocycles. The number of nitrogens with one attached hydrogen (secondary N) is 1. The second-order valence-corrected chi connectivity index (χ2v) is 4.99. The highest BCUT2D eigenvalue weighted by atomic mass is 35.5. The van der Waals surface area contributed by atoms with E-state index in [0.29, 0.717) is 0 Å². The van der Waals surface area contributed by atoms with Gasteiger partial charge in [0.1, 0.15) is 11.9 Å². The first-order valence-electron chi connectivity index (χ1n) is 6.40. The SMILES string of the molecule is CCCn1ccnc1C(NN)c1ccc(Cl)c(C)c1. The third kappa shape index (κ3) is 2.97. The van der Waals surface area contributed by atoms with Crippen LogP contribution in [0.4, 0.5) is 0 Å². The van der Waals surface area contributed by atoms with E-state index in [4.69, 9.17) is 17.4 Å². The number of aryl methyl sites for hydroxylation is 2. The van der Waals surface area contributed by atoms with E-state index in [1.165, 1.54) is 0 Å². The molecule has 2 aromatic rings. The van der Waals surface area contributed by atoms with Crippen molar-refractivity contribution in [3.8, 4) is 0 Å². The van der Waals surface area contributed by atoms with E-state index >= 15 is 0 Å². The topological polar surface area (TPSA) is 55.9 Å². The fourth-order valence-corrected chi connectivity index (χ4v) is 2.30. The lowest BCUT2D eigenvalue weighted by Crippen LogP contribution is -2.31. The van der Waals surface area contributed by atoms with Gasteiger partial charge in [-0.3, -0.25) is 5.84 Å². The molecule has 1 aromatic heterocycles. The van der Waals surface area contributed by atoms with Crippen molar-refractivity contribution in [3.05, 3.63) is 52.6 Å². The number of nitrogens with zero attached hydrogens (tertiary/aromatic N) is 2. The number of imidazole rings is 1. The molecule has 3 N–H and O–H groups in total. The van der Waals surface area contributed by atoms with Crippen molar-refractivity contribution >= 4 is 11.6 Å². The summed E-state index contributed by atoms with van der Waals surface area (Å²) in [6, 6.07) is 5.78. The minimum absolute atomic E-state index is 0.127. The molecule has 0 saturated heterocycles. The molecule has 0 aliphatic rings. The van der Waals surface area contributed by atoms with Crippen LogP contribution in [0.3, 0.4) is 0 Å². The Morgan fingerprint density at radius 2 is 2.26 bits per heavy atom. The van der Waals surface area contributed by atoms with Crippen LogP contribution >= 0.6 is 11.6 Å². The summed E-state index contributed by atoms with van der Waals surface area (Å²) >= 11 is 6.06. The molecular formula is C14H19ClN4. The van der Waals surface area contributed by atoms with Gasteiger partial charge in [-0.25, -0.2) is 10.4 Å². The van der Waals surface area contributed by atoms with E-state index in [1.54, 1.807) is 6.20 Å². The van der Waals surface area contributed by atoms with Crippen LogP contribution in [0, 0.1) is 6.92 Å². The number of benzene rings is 1. The molecular weight excluding hydrogens is 260 g/mol. The molecule has 0 fully saturated rings. The largest absolute Gasteiger partial charge is 0.333 e. The fraction of sp³-hybridized carbons (Fsp3) is 0.357. The lowest BCUT2D eigenvalue weighted by molar-refractivity contribution is 0.545. The van der Waals surface area contributed by atoms with Crippen molar-refractivity contribution in [1.29, 1.82) is 0 Å². The Labute approximate surface area is 118 Å². The number of hydrogen-bond donors (Lipinski definition) is 2. The van der Waals surface area contributed by atoms with Gasteiger partial charge in [0.2, 0.25) is 0 Å². The molecule has 0 aliphatic carbocycles. The Balaban J connectivity index is 2.38. The van der Waals surface area contributed by atoms with Gasteiger partial charge in [0.25, 0.3) is 0 Å². The zero-order valence-electron chi connectivity index (χ0n) is 11.2. The summed E-state index contributed by atoms with van der Waals surface area (Å²) < 4.78 is 2.12. The number of halogens is 1. The van der Waals surface area contributed by atoms with Gasteiger partial charge in [-0.2, -0.15) is 0 Å². The highest BCUT2D eigenvalue weighted by Gasteiger charge is 2.18. The van der Waals surface area contributed by atoms with Gasteiger partial charge in [0.05, 0.1) is 0 Å². The van der Waals surface area contributed by atoms with Crippen LogP contribution in [-0.4, -0.2) is 9.55 Å². The van der Waals surface area contributed by atoms with Gasteiger partial charge in [0, 0.05) is 24.0 Å². The minimum Gasteiger partial charge on any atom is -0.333 e. The molecule has 0 radical (unpaired) electrons. The van der Waals surface area contributed by atoms with E-state index in [9.17, 15) is 0 Å². The quantitative estimate of drug-likeness (QED) is 0.653. The van der Waals surface area contributed by atoms with Crippen molar-refractivity contribution in [2.45, 2.75) is 32.9 Å². The molecule has 0 bridgehead atoms. The predicted molar refractivity (Wildman–Crippen MR) is 77.9 cm³/mol. The van der Waals surface area contributed by atoms with Crippen LogP contribution in [0.15, 0.2) is 30.6 Å². The zero-order chi connectivity index (χ0) is 13.8. The lowest BCUT2D eigenvalue weighted by Gasteiger charge is -2.18. The van der Waals surface area contributed by atoms with Crippen molar-refractivity contribution in [2.24, 2.45) is 5.84 Å². The molecule has 0 saturated carbocycles. The van der Waals surface area contributed by atoms with Crippen molar-refractivity contribution in [1.82, 2.24) is 15.0 Å². The Morgan fingerprint density at radius 1 is 1.47 bits per heavy atom. The molecule has 1 unspecified atom stereocenters. The molecule has 0 amide bonds. The smallest absolute Gasteiger partial charge is 0.131 e. The summed E-state index contributed by atoms with van der Waals surface area (Å²) in [6.07, 6.45) is 4.84. The number of rotatable bonds is 5. The van der Waals surface area contributed by atoms with Crippen LogP contribution in [0.1, 0.15) is 36.3 Å². The fourth-order valence-electron chi connectivity index (χ4n) is 2.18. The number of hydrazine groups is 1. The lowest BCUT2D eigenvalue weighted by atomic mass is 10.0. The summed E-state index contributed by atoms with van der Waals surface area (Å²) in [7, 11) is 0. The van der Waals surface area contributed by atoms with E-state index < -0.39 is 0 Å². The maximum absolute atomic E-state index is 6.06. The van der Waals surface area contributed by atoms with Crippen molar-refractivity contribution in [2.75, 3.05) is 0 Å². The first-order chi connectivity index (χ1) is 9.17. The predicted octanol–water partition coefficient (Wildman–Crippen LogP) is 2.81. The second-order valence-electron chi connectivity index (χ2n) is 4.59. The highest BCUT2D eigenvalue weighted by molar-refractivity contribution is 6.31. The molecule has 2 rings (SSSR count). The maximum Gasteiger partial charge on any atom is 0.131 e. The van der Waals surface area contributed by atoms with Crippen LogP contribution < -0.4 is 11.3 Å². The van der Waals surface area contributed by atoms with E-state index in [0.717, 1.165) is 34.9 Å².